The van der Waals surface area contributed by atoms with Gasteiger partial charge in [-0.3, -0.25) is 4.90 Å². The number of benzene rings is 2. The summed E-state index contributed by atoms with van der Waals surface area (Å²) in [5.74, 6) is 1.01. The molecule has 1 heterocycles. The van der Waals surface area contributed by atoms with E-state index in [0.717, 1.165) is 43.9 Å². The summed E-state index contributed by atoms with van der Waals surface area (Å²) in [4.78, 5) is 2.38. The smallest absolute Gasteiger partial charge is 0.131 e. The molecular weight excluding hydrogens is 327 g/mol. The van der Waals surface area contributed by atoms with Crippen LogP contribution in [0.3, 0.4) is 0 Å². The molecule has 0 radical (unpaired) electrons. The van der Waals surface area contributed by atoms with Gasteiger partial charge in [-0.05, 0) is 43.6 Å². The first kappa shape index (κ1) is 17.2. The van der Waals surface area contributed by atoms with E-state index in [2.05, 4.69) is 4.90 Å². The number of nitrogens with two attached hydrogens (primary N) is 1. The lowest BCUT2D eigenvalue weighted by Gasteiger charge is -2.18. The maximum atomic E-state index is 13.9. The molecule has 3 rings (SSSR count). The Labute approximate surface area is 147 Å². The molecule has 0 spiro atoms. The van der Waals surface area contributed by atoms with Crippen LogP contribution in [-0.2, 0) is 13.2 Å². The fourth-order valence-corrected chi connectivity index (χ4v) is 3.30. The zero-order valence-electron chi connectivity index (χ0n) is 13.6. The fraction of sp³-hybridized carbons (Fsp3) is 0.368. The molecule has 2 aromatic carbocycles. The Balaban J connectivity index is 1.68. The summed E-state index contributed by atoms with van der Waals surface area (Å²) in [6, 6.07) is 12.5. The molecule has 0 saturated carbocycles. The average molecular weight is 349 g/mol. The summed E-state index contributed by atoms with van der Waals surface area (Å²) >= 11 is 6.06. The number of nitrogens with zero attached hydrogens (tertiary/aromatic N) is 1. The molecule has 3 nitrogen and oxygen atoms in total. The van der Waals surface area contributed by atoms with Crippen molar-refractivity contribution < 1.29 is 9.13 Å². The summed E-state index contributed by atoms with van der Waals surface area (Å²) < 4.78 is 19.8. The third-order valence-corrected chi connectivity index (χ3v) is 4.86. The van der Waals surface area contributed by atoms with Gasteiger partial charge in [0.05, 0.1) is 5.02 Å². The highest BCUT2D eigenvalue weighted by Gasteiger charge is 2.22. The first-order chi connectivity index (χ1) is 11.7. The standard InChI is InChI=1S/C19H22ClFN2O/c20-17-5-3-6-18(21)16(17)13-24-19-7-2-1-4-15(19)12-23-9-8-14(10-22)11-23/h1-7,14H,8-13,22H2/t14-/m1/s1. The van der Waals surface area contributed by atoms with E-state index in [1.165, 1.54) is 6.07 Å². The number of halogens is 2. The topological polar surface area (TPSA) is 38.5 Å². The van der Waals surface area contributed by atoms with E-state index in [9.17, 15) is 4.39 Å². The molecule has 1 saturated heterocycles. The van der Waals surface area contributed by atoms with E-state index in [4.69, 9.17) is 22.1 Å². The van der Waals surface area contributed by atoms with Crippen LogP contribution < -0.4 is 10.5 Å². The van der Waals surface area contributed by atoms with Crippen molar-refractivity contribution in [3.63, 3.8) is 0 Å². The van der Waals surface area contributed by atoms with Crippen LogP contribution in [0.4, 0.5) is 4.39 Å². The zero-order valence-corrected chi connectivity index (χ0v) is 14.3. The molecule has 1 aliphatic heterocycles. The van der Waals surface area contributed by atoms with Crippen molar-refractivity contribution in [2.75, 3.05) is 19.6 Å². The summed E-state index contributed by atoms with van der Waals surface area (Å²) in [5.41, 5.74) is 7.25. The third kappa shape index (κ3) is 4.07. The van der Waals surface area contributed by atoms with Gasteiger partial charge in [-0.15, -0.1) is 0 Å². The van der Waals surface area contributed by atoms with Gasteiger partial charge >= 0.3 is 0 Å². The molecule has 1 atom stereocenters. The molecule has 0 unspecified atom stereocenters. The lowest BCUT2D eigenvalue weighted by Crippen LogP contribution is -2.23. The predicted octanol–water partition coefficient (Wildman–Crippen LogP) is 3.84. The molecular formula is C19H22ClFN2O. The van der Waals surface area contributed by atoms with Gasteiger partial charge in [0.25, 0.3) is 0 Å². The molecule has 5 heteroatoms. The van der Waals surface area contributed by atoms with Crippen LogP contribution in [0.2, 0.25) is 5.02 Å². The number of hydrogen-bond acceptors (Lipinski definition) is 3. The van der Waals surface area contributed by atoms with Crippen LogP contribution in [0.25, 0.3) is 0 Å². The molecule has 1 fully saturated rings. The molecule has 2 N–H and O–H groups in total. The lowest BCUT2D eigenvalue weighted by atomic mass is 10.1. The summed E-state index contributed by atoms with van der Waals surface area (Å²) in [5, 5.41) is 0.387. The quantitative estimate of drug-likeness (QED) is 0.862. The van der Waals surface area contributed by atoms with Crippen molar-refractivity contribution in [1.82, 2.24) is 4.90 Å². The van der Waals surface area contributed by atoms with Crippen molar-refractivity contribution in [1.29, 1.82) is 0 Å². The van der Waals surface area contributed by atoms with Crippen molar-refractivity contribution in [2.45, 2.75) is 19.6 Å². The number of para-hydroxylation sites is 1. The maximum absolute atomic E-state index is 13.9. The molecule has 2 aromatic rings. The molecule has 128 valence electrons. The van der Waals surface area contributed by atoms with Gasteiger partial charge in [-0.25, -0.2) is 4.39 Å². The summed E-state index contributed by atoms with van der Waals surface area (Å²) in [7, 11) is 0. The summed E-state index contributed by atoms with van der Waals surface area (Å²) in [6.07, 6.45) is 1.14. The van der Waals surface area contributed by atoms with Gasteiger partial charge in [0.1, 0.15) is 18.2 Å². The molecule has 24 heavy (non-hydrogen) atoms. The van der Waals surface area contributed by atoms with Crippen LogP contribution in [0.5, 0.6) is 5.75 Å². The second-order valence-corrected chi connectivity index (χ2v) is 6.63. The number of ether oxygens (including phenoxy) is 1. The molecule has 0 bridgehead atoms. The van der Waals surface area contributed by atoms with Gasteiger partial charge < -0.3 is 10.5 Å². The largest absolute Gasteiger partial charge is 0.488 e. The number of rotatable bonds is 6. The third-order valence-electron chi connectivity index (χ3n) is 4.50. The van der Waals surface area contributed by atoms with Crippen molar-refractivity contribution >= 4 is 11.6 Å². The highest BCUT2D eigenvalue weighted by atomic mass is 35.5. The van der Waals surface area contributed by atoms with E-state index < -0.39 is 0 Å². The van der Waals surface area contributed by atoms with Gasteiger partial charge in [-0.2, -0.15) is 0 Å². The van der Waals surface area contributed by atoms with Crippen LogP contribution in [0.15, 0.2) is 42.5 Å². The molecule has 1 aliphatic rings. The van der Waals surface area contributed by atoms with E-state index >= 15 is 0 Å². The minimum absolute atomic E-state index is 0.119. The first-order valence-electron chi connectivity index (χ1n) is 8.23. The SMILES string of the molecule is NC[C@H]1CCN(Cc2ccccc2OCc2c(F)cccc2Cl)C1. The number of hydrogen-bond donors (Lipinski definition) is 1. The highest BCUT2D eigenvalue weighted by molar-refractivity contribution is 6.31. The Morgan fingerprint density at radius 2 is 2.04 bits per heavy atom. The minimum atomic E-state index is -0.342. The average Bonchev–Trinajstić information content (AvgIpc) is 3.03. The first-order valence-corrected chi connectivity index (χ1v) is 8.61. The zero-order chi connectivity index (χ0) is 16.9. The normalized spacial score (nSPS) is 18.0. The monoisotopic (exact) mass is 348 g/mol. The van der Waals surface area contributed by atoms with Gasteiger partial charge in [-0.1, -0.05) is 35.9 Å². The fourth-order valence-electron chi connectivity index (χ4n) is 3.09. The second kappa shape index (κ2) is 7.97. The minimum Gasteiger partial charge on any atom is -0.488 e. The molecule has 0 amide bonds. The van der Waals surface area contributed by atoms with Crippen LogP contribution in [0, 0.1) is 11.7 Å². The van der Waals surface area contributed by atoms with E-state index in [-0.39, 0.29) is 12.4 Å². The van der Waals surface area contributed by atoms with Crippen molar-refractivity contribution in [2.24, 2.45) is 11.7 Å². The number of likely N-dealkylation sites (tertiary alicyclic amines) is 1. The molecule has 0 aliphatic carbocycles. The van der Waals surface area contributed by atoms with Gasteiger partial charge in [0.2, 0.25) is 0 Å². The second-order valence-electron chi connectivity index (χ2n) is 6.22. The Morgan fingerprint density at radius 3 is 2.79 bits per heavy atom. The van der Waals surface area contributed by atoms with Crippen molar-refractivity contribution in [3.05, 3.63) is 64.4 Å². The van der Waals surface area contributed by atoms with Gasteiger partial charge in [0.15, 0.2) is 0 Å². The van der Waals surface area contributed by atoms with E-state index in [1.807, 2.05) is 24.3 Å². The Bertz CT molecular complexity index is 675. The summed E-state index contributed by atoms with van der Waals surface area (Å²) in [6.45, 7) is 3.74. The van der Waals surface area contributed by atoms with Crippen LogP contribution in [0.1, 0.15) is 17.5 Å². The van der Waals surface area contributed by atoms with Crippen LogP contribution in [-0.4, -0.2) is 24.5 Å². The van der Waals surface area contributed by atoms with Crippen LogP contribution >= 0.6 is 11.6 Å². The molecule has 0 aromatic heterocycles. The predicted molar refractivity (Wildman–Crippen MR) is 94.6 cm³/mol. The highest BCUT2D eigenvalue weighted by Crippen LogP contribution is 2.26. The Morgan fingerprint density at radius 1 is 1.21 bits per heavy atom. The van der Waals surface area contributed by atoms with E-state index in [0.29, 0.717) is 16.5 Å². The Hall–Kier alpha value is -1.62. The lowest BCUT2D eigenvalue weighted by molar-refractivity contribution is 0.278. The maximum Gasteiger partial charge on any atom is 0.131 e. The Kier molecular flexibility index (Phi) is 5.72. The van der Waals surface area contributed by atoms with Gasteiger partial charge in [0, 0.05) is 24.2 Å². The van der Waals surface area contributed by atoms with E-state index in [1.54, 1.807) is 12.1 Å². The van der Waals surface area contributed by atoms with Crippen molar-refractivity contribution in [3.8, 4) is 5.75 Å².